The van der Waals surface area contributed by atoms with Crippen molar-refractivity contribution in [2.75, 3.05) is 12.8 Å². The first-order chi connectivity index (χ1) is 9.02. The zero-order valence-electron chi connectivity index (χ0n) is 10.5. The lowest BCUT2D eigenvalue weighted by Crippen LogP contribution is -2.09. The molecular weight excluding hydrogens is 249 g/mol. The molecule has 0 saturated heterocycles. The predicted molar refractivity (Wildman–Crippen MR) is 67.9 cm³/mol. The standard InChI is InChI=1S/C13H12FN3O2/c1-7-3-4-8(14)5-9(7)12-16-6-10(11(15)17-12)13(18)19-2/h3-6H,1-2H3,(H2,15,16,17). The molecule has 98 valence electrons. The molecular formula is C13H12FN3O2. The number of benzene rings is 1. The normalized spacial score (nSPS) is 10.3. The average Bonchev–Trinajstić information content (AvgIpc) is 2.40. The monoisotopic (exact) mass is 261 g/mol. The Labute approximate surface area is 109 Å². The maximum atomic E-state index is 13.2. The Morgan fingerprint density at radius 3 is 2.79 bits per heavy atom. The summed E-state index contributed by atoms with van der Waals surface area (Å²) in [5, 5.41) is 0. The molecule has 0 bridgehead atoms. The Balaban J connectivity index is 2.50. The van der Waals surface area contributed by atoms with Gasteiger partial charge in [0, 0.05) is 11.8 Å². The van der Waals surface area contributed by atoms with Gasteiger partial charge in [0.1, 0.15) is 17.2 Å². The molecule has 0 radical (unpaired) electrons. The topological polar surface area (TPSA) is 78.1 Å². The fourth-order valence-electron chi connectivity index (χ4n) is 1.63. The van der Waals surface area contributed by atoms with E-state index in [4.69, 9.17) is 5.73 Å². The lowest BCUT2D eigenvalue weighted by Gasteiger charge is -2.07. The number of halogens is 1. The molecule has 1 heterocycles. The van der Waals surface area contributed by atoms with Gasteiger partial charge in [0.05, 0.1) is 7.11 Å². The summed E-state index contributed by atoms with van der Waals surface area (Å²) in [5.41, 5.74) is 7.10. The van der Waals surface area contributed by atoms with Crippen molar-refractivity contribution < 1.29 is 13.9 Å². The third-order valence-electron chi connectivity index (χ3n) is 2.66. The third kappa shape index (κ3) is 2.52. The highest BCUT2D eigenvalue weighted by Crippen LogP contribution is 2.22. The fourth-order valence-corrected chi connectivity index (χ4v) is 1.63. The van der Waals surface area contributed by atoms with E-state index in [1.54, 1.807) is 6.07 Å². The highest BCUT2D eigenvalue weighted by molar-refractivity contribution is 5.93. The number of ether oxygens (including phenoxy) is 1. The number of carbonyl (C=O) groups is 1. The first kappa shape index (κ1) is 12.9. The van der Waals surface area contributed by atoms with Gasteiger partial charge in [-0.2, -0.15) is 0 Å². The van der Waals surface area contributed by atoms with Crippen molar-refractivity contribution in [3.8, 4) is 11.4 Å². The summed E-state index contributed by atoms with van der Waals surface area (Å²) in [4.78, 5) is 19.4. The summed E-state index contributed by atoms with van der Waals surface area (Å²) in [5.74, 6) is -0.734. The molecule has 0 amide bonds. The second-order valence-corrected chi connectivity index (χ2v) is 3.94. The van der Waals surface area contributed by atoms with Gasteiger partial charge in [-0.15, -0.1) is 0 Å². The number of methoxy groups -OCH3 is 1. The molecule has 1 aromatic heterocycles. The van der Waals surface area contributed by atoms with Gasteiger partial charge in [-0.05, 0) is 24.6 Å². The average molecular weight is 261 g/mol. The van der Waals surface area contributed by atoms with Crippen LogP contribution in [-0.2, 0) is 4.74 Å². The Hall–Kier alpha value is -2.50. The second-order valence-electron chi connectivity index (χ2n) is 3.94. The lowest BCUT2D eigenvalue weighted by molar-refractivity contribution is 0.0601. The number of hydrogen-bond acceptors (Lipinski definition) is 5. The Morgan fingerprint density at radius 1 is 1.42 bits per heavy atom. The van der Waals surface area contributed by atoms with Crippen LogP contribution in [0.4, 0.5) is 10.2 Å². The molecule has 6 heteroatoms. The number of aryl methyl sites for hydroxylation is 1. The van der Waals surface area contributed by atoms with Crippen LogP contribution in [0.1, 0.15) is 15.9 Å². The summed E-state index contributed by atoms with van der Waals surface area (Å²) in [6, 6.07) is 4.30. The summed E-state index contributed by atoms with van der Waals surface area (Å²) in [7, 11) is 1.24. The summed E-state index contributed by atoms with van der Waals surface area (Å²) >= 11 is 0. The molecule has 0 aliphatic heterocycles. The third-order valence-corrected chi connectivity index (χ3v) is 2.66. The molecule has 2 aromatic rings. The van der Waals surface area contributed by atoms with E-state index in [9.17, 15) is 9.18 Å². The number of nitrogens with two attached hydrogens (primary N) is 1. The number of aromatic nitrogens is 2. The van der Waals surface area contributed by atoms with Crippen molar-refractivity contribution in [3.05, 3.63) is 41.3 Å². The highest BCUT2D eigenvalue weighted by atomic mass is 19.1. The molecule has 19 heavy (non-hydrogen) atoms. The molecule has 1 aromatic carbocycles. The van der Waals surface area contributed by atoms with E-state index in [0.29, 0.717) is 5.56 Å². The van der Waals surface area contributed by atoms with Gasteiger partial charge < -0.3 is 10.5 Å². The van der Waals surface area contributed by atoms with Gasteiger partial charge in [-0.3, -0.25) is 0 Å². The number of rotatable bonds is 2. The van der Waals surface area contributed by atoms with E-state index in [2.05, 4.69) is 14.7 Å². The Kier molecular flexibility index (Phi) is 3.41. The summed E-state index contributed by atoms with van der Waals surface area (Å²) in [6.45, 7) is 1.81. The Morgan fingerprint density at radius 2 is 2.16 bits per heavy atom. The quantitative estimate of drug-likeness (QED) is 0.836. The van der Waals surface area contributed by atoms with Crippen molar-refractivity contribution in [2.24, 2.45) is 0 Å². The van der Waals surface area contributed by atoms with Crippen molar-refractivity contribution in [1.82, 2.24) is 9.97 Å². The number of nitrogens with zero attached hydrogens (tertiary/aromatic N) is 2. The number of carbonyl (C=O) groups excluding carboxylic acids is 1. The van der Waals surface area contributed by atoms with E-state index in [0.717, 1.165) is 5.56 Å². The molecule has 0 fully saturated rings. The predicted octanol–water partition coefficient (Wildman–Crippen LogP) is 1.96. The molecule has 0 aliphatic carbocycles. The fraction of sp³-hybridized carbons (Fsp3) is 0.154. The van der Waals surface area contributed by atoms with Crippen molar-refractivity contribution in [3.63, 3.8) is 0 Å². The highest BCUT2D eigenvalue weighted by Gasteiger charge is 2.14. The molecule has 0 atom stereocenters. The van der Waals surface area contributed by atoms with Crippen LogP contribution in [0.3, 0.4) is 0 Å². The first-order valence-electron chi connectivity index (χ1n) is 5.50. The van der Waals surface area contributed by atoms with Gasteiger partial charge in [0.15, 0.2) is 5.82 Å². The first-order valence-corrected chi connectivity index (χ1v) is 5.50. The number of anilines is 1. The van der Waals surface area contributed by atoms with E-state index < -0.39 is 5.97 Å². The molecule has 0 aliphatic rings. The van der Waals surface area contributed by atoms with E-state index in [1.807, 2.05) is 6.92 Å². The van der Waals surface area contributed by atoms with Crippen LogP contribution in [-0.4, -0.2) is 23.0 Å². The maximum Gasteiger partial charge on any atom is 0.343 e. The molecule has 5 nitrogen and oxygen atoms in total. The lowest BCUT2D eigenvalue weighted by atomic mass is 10.1. The maximum absolute atomic E-state index is 13.2. The SMILES string of the molecule is COC(=O)c1cnc(-c2cc(F)ccc2C)nc1N. The zero-order valence-corrected chi connectivity index (χ0v) is 10.5. The number of hydrogen-bond donors (Lipinski definition) is 1. The molecule has 0 saturated carbocycles. The van der Waals surface area contributed by atoms with Gasteiger partial charge in [0.2, 0.25) is 0 Å². The minimum absolute atomic E-state index is 0.000473. The second kappa shape index (κ2) is 5.01. The minimum Gasteiger partial charge on any atom is -0.465 e. The zero-order chi connectivity index (χ0) is 14.0. The van der Waals surface area contributed by atoms with E-state index in [1.165, 1.54) is 25.4 Å². The largest absolute Gasteiger partial charge is 0.465 e. The smallest absolute Gasteiger partial charge is 0.343 e. The van der Waals surface area contributed by atoms with Crippen LogP contribution in [0.2, 0.25) is 0 Å². The molecule has 2 rings (SSSR count). The Bertz CT molecular complexity index is 644. The van der Waals surface area contributed by atoms with Crippen LogP contribution < -0.4 is 5.73 Å². The van der Waals surface area contributed by atoms with E-state index >= 15 is 0 Å². The van der Waals surface area contributed by atoms with Crippen LogP contribution >= 0.6 is 0 Å². The van der Waals surface area contributed by atoms with Crippen LogP contribution in [0.25, 0.3) is 11.4 Å². The van der Waals surface area contributed by atoms with E-state index in [-0.39, 0.29) is 23.0 Å². The molecule has 0 spiro atoms. The van der Waals surface area contributed by atoms with Crippen molar-refractivity contribution >= 4 is 11.8 Å². The molecule has 0 unspecified atom stereocenters. The van der Waals surface area contributed by atoms with Gasteiger partial charge >= 0.3 is 5.97 Å². The number of nitrogen functional groups attached to an aromatic ring is 1. The summed E-state index contributed by atoms with van der Waals surface area (Å²) in [6.07, 6.45) is 1.27. The van der Waals surface area contributed by atoms with Gasteiger partial charge in [-0.1, -0.05) is 6.07 Å². The molecule has 2 N–H and O–H groups in total. The van der Waals surface area contributed by atoms with Crippen LogP contribution in [0, 0.1) is 12.7 Å². The van der Waals surface area contributed by atoms with Crippen LogP contribution in [0.15, 0.2) is 24.4 Å². The summed E-state index contributed by atoms with van der Waals surface area (Å²) < 4.78 is 17.8. The van der Waals surface area contributed by atoms with Crippen molar-refractivity contribution in [1.29, 1.82) is 0 Å². The number of esters is 1. The van der Waals surface area contributed by atoms with Crippen molar-refractivity contribution in [2.45, 2.75) is 6.92 Å². The van der Waals surface area contributed by atoms with Crippen LogP contribution in [0.5, 0.6) is 0 Å². The van der Waals surface area contributed by atoms with Gasteiger partial charge in [0.25, 0.3) is 0 Å². The minimum atomic E-state index is -0.611. The van der Waals surface area contributed by atoms with Gasteiger partial charge in [-0.25, -0.2) is 19.2 Å².